The van der Waals surface area contributed by atoms with E-state index in [9.17, 15) is 0 Å². The van der Waals surface area contributed by atoms with Gasteiger partial charge in [-0.1, -0.05) is 32.0 Å². The van der Waals surface area contributed by atoms with E-state index in [-0.39, 0.29) is 5.41 Å². The van der Waals surface area contributed by atoms with E-state index in [2.05, 4.69) is 26.5 Å². The Morgan fingerprint density at radius 2 is 1.72 bits per heavy atom. The number of hydrogen-bond acceptors (Lipinski definition) is 3. The van der Waals surface area contributed by atoms with Crippen molar-refractivity contribution >= 4 is 12.6 Å². The molecular weight excluding hydrogens is 244 g/mol. The summed E-state index contributed by atoms with van der Waals surface area (Å²) in [6.45, 7) is 6.39. The van der Waals surface area contributed by atoms with Gasteiger partial charge in [0.2, 0.25) is 0 Å². The summed E-state index contributed by atoms with van der Waals surface area (Å²) in [6.07, 6.45) is 2.21. The summed E-state index contributed by atoms with van der Waals surface area (Å²) in [5.74, 6) is 1.77. The Bertz CT molecular complexity index is 301. The Morgan fingerprint density at radius 1 is 1.06 bits per heavy atom. The molecule has 0 fully saturated rings. The molecule has 0 N–H and O–H groups in total. The monoisotopic (exact) mass is 268 g/mol. The van der Waals surface area contributed by atoms with Crippen LogP contribution in [0, 0.1) is 5.41 Å². The molecule has 1 aromatic rings. The van der Waals surface area contributed by atoms with E-state index < -0.39 is 0 Å². The zero-order valence-corrected chi connectivity index (χ0v) is 12.3. The molecule has 0 aliphatic carbocycles. The zero-order valence-electron chi connectivity index (χ0n) is 11.4. The fourth-order valence-electron chi connectivity index (χ4n) is 1.75. The highest BCUT2D eigenvalue weighted by Crippen LogP contribution is 2.27. The summed E-state index contributed by atoms with van der Waals surface area (Å²) in [5, 5.41) is 0. The highest BCUT2D eigenvalue weighted by atomic mass is 32.1. The summed E-state index contributed by atoms with van der Waals surface area (Å²) in [6, 6.07) is 9.83. The van der Waals surface area contributed by atoms with Crippen LogP contribution in [0.25, 0.3) is 0 Å². The summed E-state index contributed by atoms with van der Waals surface area (Å²) in [5.41, 5.74) is 0.218. The fraction of sp³-hybridized carbons (Fsp3) is 0.600. The molecule has 0 amide bonds. The predicted octanol–water partition coefficient (Wildman–Crippen LogP) is 3.82. The van der Waals surface area contributed by atoms with E-state index in [1.54, 1.807) is 0 Å². The maximum absolute atomic E-state index is 5.72. The van der Waals surface area contributed by atoms with Crippen LogP contribution in [0.1, 0.15) is 26.7 Å². The van der Waals surface area contributed by atoms with Gasteiger partial charge in [-0.3, -0.25) is 0 Å². The number of ether oxygens (including phenoxy) is 2. The summed E-state index contributed by atoms with van der Waals surface area (Å²) >= 11 is 4.43. The van der Waals surface area contributed by atoms with Crippen LogP contribution in [0.15, 0.2) is 30.3 Å². The highest BCUT2D eigenvalue weighted by molar-refractivity contribution is 7.80. The van der Waals surface area contributed by atoms with Crippen LogP contribution in [0.4, 0.5) is 0 Å². The van der Waals surface area contributed by atoms with Crippen LogP contribution >= 0.6 is 12.6 Å². The molecule has 0 spiro atoms. The van der Waals surface area contributed by atoms with Crippen molar-refractivity contribution in [1.82, 2.24) is 0 Å². The molecule has 1 rings (SSSR count). The van der Waals surface area contributed by atoms with E-state index >= 15 is 0 Å². The minimum Gasteiger partial charge on any atom is -0.491 e. The molecule has 0 aliphatic heterocycles. The van der Waals surface area contributed by atoms with Gasteiger partial charge in [0.1, 0.15) is 12.4 Å². The van der Waals surface area contributed by atoms with Crippen LogP contribution in [0.5, 0.6) is 5.75 Å². The minimum atomic E-state index is 0.218. The van der Waals surface area contributed by atoms with Gasteiger partial charge in [-0.2, -0.15) is 12.6 Å². The van der Waals surface area contributed by atoms with E-state index in [1.165, 1.54) is 0 Å². The molecule has 2 nitrogen and oxygen atoms in total. The molecule has 102 valence electrons. The molecule has 0 radical (unpaired) electrons. The number of hydrogen-bond donors (Lipinski definition) is 1. The number of rotatable bonds is 9. The van der Waals surface area contributed by atoms with Gasteiger partial charge in [-0.05, 0) is 30.7 Å². The second-order valence-corrected chi connectivity index (χ2v) is 4.90. The third kappa shape index (κ3) is 4.91. The topological polar surface area (TPSA) is 18.5 Å². The highest BCUT2D eigenvalue weighted by Gasteiger charge is 2.24. The fourth-order valence-corrected chi connectivity index (χ4v) is 2.29. The Morgan fingerprint density at radius 3 is 2.28 bits per heavy atom. The molecule has 0 unspecified atom stereocenters. The van der Waals surface area contributed by atoms with Crippen LogP contribution in [-0.2, 0) is 4.74 Å². The molecule has 0 atom stereocenters. The van der Waals surface area contributed by atoms with Crippen molar-refractivity contribution in [3.8, 4) is 5.75 Å². The lowest BCUT2D eigenvalue weighted by Gasteiger charge is -2.29. The first-order valence-electron chi connectivity index (χ1n) is 6.63. The third-order valence-corrected chi connectivity index (χ3v) is 4.15. The zero-order chi connectivity index (χ0) is 13.3. The van der Waals surface area contributed by atoms with E-state index in [1.807, 2.05) is 30.3 Å². The van der Waals surface area contributed by atoms with E-state index in [0.717, 1.165) is 31.0 Å². The largest absolute Gasteiger partial charge is 0.491 e. The maximum Gasteiger partial charge on any atom is 0.119 e. The SMILES string of the molecule is CCC(CC)(CS)COCCOc1ccccc1. The van der Waals surface area contributed by atoms with Gasteiger partial charge in [0.25, 0.3) is 0 Å². The Balaban J connectivity index is 2.18. The molecular formula is C15H24O2S. The maximum atomic E-state index is 5.72. The smallest absolute Gasteiger partial charge is 0.119 e. The molecule has 1 aromatic carbocycles. The second kappa shape index (κ2) is 8.44. The molecule has 0 aromatic heterocycles. The van der Waals surface area contributed by atoms with Crippen molar-refractivity contribution in [1.29, 1.82) is 0 Å². The van der Waals surface area contributed by atoms with Crippen molar-refractivity contribution < 1.29 is 9.47 Å². The van der Waals surface area contributed by atoms with Gasteiger partial charge >= 0.3 is 0 Å². The van der Waals surface area contributed by atoms with Crippen molar-refractivity contribution in [3.63, 3.8) is 0 Å². The van der Waals surface area contributed by atoms with Crippen molar-refractivity contribution in [2.75, 3.05) is 25.6 Å². The Labute approximate surface area is 116 Å². The summed E-state index contributed by atoms with van der Waals surface area (Å²) in [4.78, 5) is 0. The lowest BCUT2D eigenvalue weighted by atomic mass is 9.85. The van der Waals surface area contributed by atoms with Crippen molar-refractivity contribution in [3.05, 3.63) is 30.3 Å². The van der Waals surface area contributed by atoms with Crippen molar-refractivity contribution in [2.45, 2.75) is 26.7 Å². The summed E-state index contributed by atoms with van der Waals surface area (Å²) < 4.78 is 11.3. The molecule has 0 saturated heterocycles. The van der Waals surface area contributed by atoms with Gasteiger partial charge < -0.3 is 9.47 Å². The molecule has 0 saturated carbocycles. The lowest BCUT2D eigenvalue weighted by Crippen LogP contribution is -2.28. The molecule has 0 aliphatic rings. The number of thiol groups is 1. The average Bonchev–Trinajstić information content (AvgIpc) is 2.45. The van der Waals surface area contributed by atoms with Crippen LogP contribution in [-0.4, -0.2) is 25.6 Å². The first kappa shape index (κ1) is 15.4. The van der Waals surface area contributed by atoms with Crippen LogP contribution < -0.4 is 4.74 Å². The quantitative estimate of drug-likeness (QED) is 0.542. The van der Waals surface area contributed by atoms with Gasteiger partial charge in [-0.25, -0.2) is 0 Å². The van der Waals surface area contributed by atoms with Crippen molar-refractivity contribution in [2.24, 2.45) is 5.41 Å². The predicted molar refractivity (Wildman–Crippen MR) is 79.6 cm³/mol. The molecule has 0 heterocycles. The Kier molecular flexibility index (Phi) is 7.21. The first-order chi connectivity index (χ1) is 8.76. The third-order valence-electron chi connectivity index (χ3n) is 3.48. The van der Waals surface area contributed by atoms with E-state index in [4.69, 9.17) is 9.47 Å². The van der Waals surface area contributed by atoms with Gasteiger partial charge in [-0.15, -0.1) is 0 Å². The van der Waals surface area contributed by atoms with Crippen LogP contribution in [0.2, 0.25) is 0 Å². The van der Waals surface area contributed by atoms with E-state index in [0.29, 0.717) is 13.2 Å². The first-order valence-corrected chi connectivity index (χ1v) is 7.26. The van der Waals surface area contributed by atoms with Crippen LogP contribution in [0.3, 0.4) is 0 Å². The standard InChI is InChI=1S/C15H24O2S/c1-3-15(4-2,13-18)12-16-10-11-17-14-8-6-5-7-9-14/h5-9,18H,3-4,10-13H2,1-2H3. The average molecular weight is 268 g/mol. The summed E-state index contributed by atoms with van der Waals surface area (Å²) in [7, 11) is 0. The second-order valence-electron chi connectivity index (χ2n) is 4.58. The lowest BCUT2D eigenvalue weighted by molar-refractivity contribution is 0.0351. The van der Waals surface area contributed by atoms with Gasteiger partial charge in [0.05, 0.1) is 13.2 Å². The molecule has 0 bridgehead atoms. The van der Waals surface area contributed by atoms with Gasteiger partial charge in [0.15, 0.2) is 0 Å². The molecule has 18 heavy (non-hydrogen) atoms. The Hall–Kier alpha value is -0.670. The number of benzene rings is 1. The van der Waals surface area contributed by atoms with Gasteiger partial charge in [0, 0.05) is 5.41 Å². The number of para-hydroxylation sites is 1. The normalized spacial score (nSPS) is 11.5. The molecule has 3 heteroatoms. The minimum absolute atomic E-state index is 0.218.